The number of hydrogen-bond acceptors (Lipinski definition) is 3. The molecule has 0 saturated carbocycles. The lowest BCUT2D eigenvalue weighted by molar-refractivity contribution is 0.262. The third-order valence-corrected chi connectivity index (χ3v) is 3.85. The summed E-state index contributed by atoms with van der Waals surface area (Å²) < 4.78 is 19.9. The van der Waals surface area contributed by atoms with E-state index in [1.165, 1.54) is 16.7 Å². The maximum Gasteiger partial charge on any atom is 0.420 e. The number of amides is 2. The van der Waals surface area contributed by atoms with Gasteiger partial charge in [0.2, 0.25) is 0 Å². The van der Waals surface area contributed by atoms with E-state index in [-0.39, 0.29) is 11.1 Å². The largest absolute Gasteiger partial charge is 0.420 e. The van der Waals surface area contributed by atoms with Crippen molar-refractivity contribution in [1.29, 1.82) is 0 Å². The summed E-state index contributed by atoms with van der Waals surface area (Å²) in [7, 11) is 0. The van der Waals surface area contributed by atoms with Gasteiger partial charge in [-0.25, -0.2) is 14.0 Å². The summed E-state index contributed by atoms with van der Waals surface area (Å²) in [4.78, 5) is 23.9. The molecule has 1 heterocycles. The Morgan fingerprint density at radius 1 is 1.16 bits per heavy atom. The van der Waals surface area contributed by atoms with Gasteiger partial charge in [-0.05, 0) is 44.2 Å². The van der Waals surface area contributed by atoms with Crippen LogP contribution in [0.5, 0.6) is 0 Å². The second-order valence-electron chi connectivity index (χ2n) is 5.72. The lowest BCUT2D eigenvalue weighted by atomic mass is 10.2. The first kappa shape index (κ1) is 17.0. The Labute approximate surface area is 147 Å². The second kappa shape index (κ2) is 6.60. The average molecular weight is 364 g/mol. The van der Waals surface area contributed by atoms with Gasteiger partial charge in [0.25, 0.3) is 0 Å². The van der Waals surface area contributed by atoms with E-state index < -0.39 is 17.6 Å². The Morgan fingerprint density at radius 2 is 1.80 bits per heavy atom. The number of oxazole rings is 1. The highest BCUT2D eigenvalue weighted by Crippen LogP contribution is 2.22. The van der Waals surface area contributed by atoms with E-state index in [1.807, 2.05) is 13.8 Å². The molecular weight excluding hydrogens is 349 g/mol. The summed E-state index contributed by atoms with van der Waals surface area (Å²) in [6, 6.07) is 8.21. The molecule has 6 nitrogen and oxygen atoms in total. The minimum absolute atomic E-state index is 0.0425. The number of nitrogens with one attached hydrogen (secondary N) is 2. The Balaban J connectivity index is 1.79. The molecule has 2 amide bonds. The predicted molar refractivity (Wildman–Crippen MR) is 94.9 cm³/mol. The number of hydrogen-bond donors (Lipinski definition) is 2. The number of fused-ring (bicyclic) bond motifs is 1. The third-order valence-electron chi connectivity index (χ3n) is 3.57. The highest BCUT2D eigenvalue weighted by Gasteiger charge is 2.13. The fourth-order valence-electron chi connectivity index (χ4n) is 2.47. The maximum absolute atomic E-state index is 13.1. The summed E-state index contributed by atoms with van der Waals surface area (Å²) in [5, 5.41) is 5.07. The van der Waals surface area contributed by atoms with Gasteiger partial charge in [-0.2, -0.15) is 0 Å². The predicted octanol–water partition coefficient (Wildman–Crippen LogP) is 4.61. The van der Waals surface area contributed by atoms with Crippen molar-refractivity contribution in [2.75, 3.05) is 10.6 Å². The summed E-state index contributed by atoms with van der Waals surface area (Å²) in [5.74, 6) is -1.02. The number of benzene rings is 2. The number of urea groups is 1. The van der Waals surface area contributed by atoms with Crippen molar-refractivity contribution in [1.82, 2.24) is 4.57 Å². The zero-order valence-corrected chi connectivity index (χ0v) is 14.2. The molecule has 3 aromatic rings. The van der Waals surface area contributed by atoms with E-state index in [9.17, 15) is 14.0 Å². The fourth-order valence-corrected chi connectivity index (χ4v) is 2.65. The standard InChI is InChI=1S/C17H15ClFN3O3/c1-9(2)22-14-6-4-11(8-15(14)25-17(22)24)21-16(23)20-10-3-5-13(19)12(18)7-10/h3-9H,1-2H3,(H2,20,21,23). The van der Waals surface area contributed by atoms with Crippen LogP contribution in [0, 0.1) is 5.82 Å². The van der Waals surface area contributed by atoms with Gasteiger partial charge in [0, 0.05) is 23.5 Å². The number of anilines is 2. The summed E-state index contributed by atoms with van der Waals surface area (Å²) >= 11 is 5.67. The first-order valence-corrected chi connectivity index (χ1v) is 7.91. The normalized spacial score (nSPS) is 11.1. The number of rotatable bonds is 3. The van der Waals surface area contributed by atoms with Crippen LogP contribution in [0.1, 0.15) is 19.9 Å². The Kier molecular flexibility index (Phi) is 4.50. The van der Waals surface area contributed by atoms with Gasteiger partial charge in [-0.1, -0.05) is 11.6 Å². The van der Waals surface area contributed by atoms with Gasteiger partial charge in [0.05, 0.1) is 10.5 Å². The number of carbonyl (C=O) groups excluding carboxylic acids is 1. The van der Waals surface area contributed by atoms with Gasteiger partial charge in [-0.15, -0.1) is 0 Å². The molecule has 25 heavy (non-hydrogen) atoms. The Hall–Kier alpha value is -2.80. The fraction of sp³-hybridized carbons (Fsp3) is 0.176. The first-order chi connectivity index (χ1) is 11.8. The molecule has 0 aliphatic rings. The van der Waals surface area contributed by atoms with Gasteiger partial charge in [0.15, 0.2) is 5.58 Å². The van der Waals surface area contributed by atoms with E-state index in [0.717, 1.165) is 6.07 Å². The summed E-state index contributed by atoms with van der Waals surface area (Å²) in [5.41, 5.74) is 1.82. The van der Waals surface area contributed by atoms with Crippen LogP contribution in [-0.4, -0.2) is 10.6 Å². The van der Waals surface area contributed by atoms with E-state index in [2.05, 4.69) is 10.6 Å². The molecule has 8 heteroatoms. The maximum atomic E-state index is 13.1. The van der Waals surface area contributed by atoms with Crippen LogP contribution < -0.4 is 16.4 Å². The van der Waals surface area contributed by atoms with Crippen LogP contribution in [0.25, 0.3) is 11.1 Å². The van der Waals surface area contributed by atoms with Crippen LogP contribution in [0.15, 0.2) is 45.6 Å². The molecule has 0 fully saturated rings. The van der Waals surface area contributed by atoms with Crippen molar-refractivity contribution in [3.63, 3.8) is 0 Å². The van der Waals surface area contributed by atoms with Crippen molar-refractivity contribution in [2.24, 2.45) is 0 Å². The van der Waals surface area contributed by atoms with E-state index >= 15 is 0 Å². The molecule has 0 spiro atoms. The lowest BCUT2D eigenvalue weighted by Gasteiger charge is -2.09. The molecule has 0 unspecified atom stereocenters. The Morgan fingerprint density at radius 3 is 2.44 bits per heavy atom. The highest BCUT2D eigenvalue weighted by atomic mass is 35.5. The topological polar surface area (TPSA) is 76.3 Å². The summed E-state index contributed by atoms with van der Waals surface area (Å²) in [6.45, 7) is 3.76. The monoisotopic (exact) mass is 363 g/mol. The van der Waals surface area contributed by atoms with Crippen LogP contribution in [0.4, 0.5) is 20.6 Å². The molecule has 0 radical (unpaired) electrons. The average Bonchev–Trinajstić information content (AvgIpc) is 2.86. The molecule has 0 bridgehead atoms. The molecular formula is C17H15ClFN3O3. The van der Waals surface area contributed by atoms with E-state index in [1.54, 1.807) is 18.2 Å². The van der Waals surface area contributed by atoms with Gasteiger partial charge in [-0.3, -0.25) is 4.57 Å². The van der Waals surface area contributed by atoms with Crippen molar-refractivity contribution >= 4 is 40.1 Å². The second-order valence-corrected chi connectivity index (χ2v) is 6.13. The Bertz CT molecular complexity index is 1010. The quantitative estimate of drug-likeness (QED) is 0.713. The minimum Gasteiger partial charge on any atom is -0.408 e. The van der Waals surface area contributed by atoms with E-state index in [4.69, 9.17) is 16.0 Å². The van der Waals surface area contributed by atoms with Crippen molar-refractivity contribution < 1.29 is 13.6 Å². The van der Waals surface area contributed by atoms with Crippen LogP contribution in [-0.2, 0) is 0 Å². The molecule has 0 aliphatic heterocycles. The molecule has 2 aromatic carbocycles. The zero-order chi connectivity index (χ0) is 18.1. The molecule has 0 saturated heterocycles. The minimum atomic E-state index is -0.567. The lowest BCUT2D eigenvalue weighted by Crippen LogP contribution is -2.19. The molecule has 3 rings (SSSR count). The van der Waals surface area contributed by atoms with E-state index in [0.29, 0.717) is 22.5 Å². The SMILES string of the molecule is CC(C)n1c(=O)oc2cc(NC(=O)Nc3ccc(F)c(Cl)c3)ccc21. The van der Waals surface area contributed by atoms with Crippen LogP contribution in [0.3, 0.4) is 0 Å². The van der Waals surface area contributed by atoms with Crippen LogP contribution in [0.2, 0.25) is 5.02 Å². The van der Waals surface area contributed by atoms with Crippen molar-refractivity contribution in [3.05, 3.63) is 57.8 Å². The van der Waals surface area contributed by atoms with Gasteiger partial charge < -0.3 is 15.1 Å². The van der Waals surface area contributed by atoms with Crippen molar-refractivity contribution in [3.8, 4) is 0 Å². The molecule has 2 N–H and O–H groups in total. The van der Waals surface area contributed by atoms with Crippen LogP contribution >= 0.6 is 11.6 Å². The zero-order valence-electron chi connectivity index (χ0n) is 13.5. The molecule has 1 aromatic heterocycles. The van der Waals surface area contributed by atoms with Gasteiger partial charge >= 0.3 is 11.8 Å². The summed E-state index contributed by atoms with van der Waals surface area (Å²) in [6.07, 6.45) is 0. The number of aromatic nitrogens is 1. The van der Waals surface area contributed by atoms with Gasteiger partial charge in [0.1, 0.15) is 5.82 Å². The first-order valence-electron chi connectivity index (χ1n) is 7.53. The number of nitrogens with zero attached hydrogens (tertiary/aromatic N) is 1. The molecule has 0 aliphatic carbocycles. The number of carbonyl (C=O) groups is 1. The number of halogens is 2. The smallest absolute Gasteiger partial charge is 0.408 e. The molecule has 130 valence electrons. The highest BCUT2D eigenvalue weighted by molar-refractivity contribution is 6.31. The molecule has 0 atom stereocenters. The van der Waals surface area contributed by atoms with Crippen molar-refractivity contribution in [2.45, 2.75) is 19.9 Å². The third kappa shape index (κ3) is 3.51.